The summed E-state index contributed by atoms with van der Waals surface area (Å²) in [7, 11) is -3.51. The van der Waals surface area contributed by atoms with Crippen LogP contribution >= 0.6 is 0 Å². The van der Waals surface area contributed by atoms with Gasteiger partial charge >= 0.3 is 0 Å². The zero-order valence-electron chi connectivity index (χ0n) is 13.0. The Morgan fingerprint density at radius 2 is 2.09 bits per heavy atom. The maximum Gasteiger partial charge on any atom is 0.237 e. The highest BCUT2D eigenvalue weighted by Gasteiger charge is 2.61. The van der Waals surface area contributed by atoms with Crippen molar-refractivity contribution in [3.63, 3.8) is 0 Å². The number of carbonyl (C=O) groups excluding carboxylic acids is 1. The third-order valence-electron chi connectivity index (χ3n) is 5.56. The van der Waals surface area contributed by atoms with Crippen LogP contribution in [0.3, 0.4) is 0 Å². The van der Waals surface area contributed by atoms with Gasteiger partial charge in [0.25, 0.3) is 0 Å². The first-order valence-electron chi connectivity index (χ1n) is 8.27. The number of benzene rings is 1. The van der Waals surface area contributed by atoms with Gasteiger partial charge in [-0.3, -0.25) is 9.52 Å². The SMILES string of the molecule is O=C(NS(=O)(=O)CC1CCC1)[C@@H]1C[C@]12CCOc1ccccc12. The lowest BCUT2D eigenvalue weighted by Crippen LogP contribution is -2.38. The molecule has 0 bridgehead atoms. The average Bonchev–Trinajstić information content (AvgIpc) is 3.19. The van der Waals surface area contributed by atoms with Crippen molar-refractivity contribution in [3.05, 3.63) is 29.8 Å². The monoisotopic (exact) mass is 335 g/mol. The van der Waals surface area contributed by atoms with Crippen LogP contribution in [0.25, 0.3) is 0 Å². The van der Waals surface area contributed by atoms with E-state index in [4.69, 9.17) is 4.74 Å². The predicted molar refractivity (Wildman–Crippen MR) is 85.6 cm³/mol. The third-order valence-corrected chi connectivity index (χ3v) is 6.98. The zero-order valence-corrected chi connectivity index (χ0v) is 13.8. The molecule has 2 atom stereocenters. The second-order valence-corrected chi connectivity index (χ2v) is 8.82. The van der Waals surface area contributed by atoms with Crippen molar-refractivity contribution in [3.8, 4) is 5.75 Å². The molecule has 124 valence electrons. The largest absolute Gasteiger partial charge is 0.493 e. The minimum atomic E-state index is -3.51. The van der Waals surface area contributed by atoms with Crippen LogP contribution in [0.5, 0.6) is 5.75 Å². The molecule has 1 aromatic rings. The summed E-state index contributed by atoms with van der Waals surface area (Å²) in [5, 5.41) is 0. The maximum atomic E-state index is 12.5. The number of nitrogens with one attached hydrogen (secondary N) is 1. The van der Waals surface area contributed by atoms with E-state index in [1.807, 2.05) is 24.3 Å². The lowest BCUT2D eigenvalue weighted by atomic mass is 9.87. The molecule has 2 fully saturated rings. The molecule has 0 aromatic heterocycles. The molecule has 2 aliphatic carbocycles. The Bertz CT molecular complexity index is 741. The normalized spacial score (nSPS) is 29.3. The van der Waals surface area contributed by atoms with Gasteiger partial charge in [0, 0.05) is 16.9 Å². The highest BCUT2D eigenvalue weighted by molar-refractivity contribution is 7.90. The molecular weight excluding hydrogens is 314 g/mol. The van der Waals surface area contributed by atoms with Crippen LogP contribution < -0.4 is 9.46 Å². The fraction of sp³-hybridized carbons (Fsp3) is 0.588. The second kappa shape index (κ2) is 5.23. The molecule has 2 saturated carbocycles. The molecule has 1 N–H and O–H groups in total. The second-order valence-electron chi connectivity index (χ2n) is 7.05. The van der Waals surface area contributed by atoms with Gasteiger partial charge in [0.2, 0.25) is 15.9 Å². The van der Waals surface area contributed by atoms with Gasteiger partial charge in [-0.05, 0) is 37.7 Å². The molecule has 0 unspecified atom stereocenters. The Balaban J connectivity index is 1.47. The number of hydrogen-bond donors (Lipinski definition) is 1. The van der Waals surface area contributed by atoms with Crippen LogP contribution in [0.1, 0.15) is 37.7 Å². The van der Waals surface area contributed by atoms with Gasteiger partial charge in [0.1, 0.15) is 5.75 Å². The van der Waals surface area contributed by atoms with Crippen LogP contribution in [0.15, 0.2) is 24.3 Å². The van der Waals surface area contributed by atoms with Gasteiger partial charge in [-0.15, -0.1) is 0 Å². The van der Waals surface area contributed by atoms with E-state index in [0.717, 1.165) is 37.0 Å². The maximum absolute atomic E-state index is 12.5. The average molecular weight is 335 g/mol. The highest BCUT2D eigenvalue weighted by Crippen LogP contribution is 2.60. The number of fused-ring (bicyclic) bond motifs is 2. The summed E-state index contributed by atoms with van der Waals surface area (Å²) in [6, 6.07) is 7.76. The Labute approximate surface area is 136 Å². The summed E-state index contributed by atoms with van der Waals surface area (Å²) in [6.07, 6.45) is 4.47. The van der Waals surface area contributed by atoms with Gasteiger partial charge in [-0.2, -0.15) is 0 Å². The Morgan fingerprint density at radius 1 is 1.30 bits per heavy atom. The first-order chi connectivity index (χ1) is 11.0. The first kappa shape index (κ1) is 15.0. The number of sulfonamides is 1. The summed E-state index contributed by atoms with van der Waals surface area (Å²) in [6.45, 7) is 0.579. The van der Waals surface area contributed by atoms with Gasteiger partial charge in [0.05, 0.1) is 12.4 Å². The molecule has 1 aliphatic heterocycles. The quantitative estimate of drug-likeness (QED) is 0.913. The van der Waals surface area contributed by atoms with Crippen molar-refractivity contribution in [2.45, 2.75) is 37.5 Å². The number of para-hydroxylation sites is 1. The van der Waals surface area contributed by atoms with E-state index in [2.05, 4.69) is 4.72 Å². The summed E-state index contributed by atoms with van der Waals surface area (Å²) in [4.78, 5) is 12.5. The number of hydrogen-bond acceptors (Lipinski definition) is 4. The molecule has 0 radical (unpaired) electrons. The molecule has 0 saturated heterocycles. The van der Waals surface area contributed by atoms with Crippen LogP contribution in [-0.4, -0.2) is 26.7 Å². The van der Waals surface area contributed by atoms with E-state index in [0.29, 0.717) is 13.0 Å². The van der Waals surface area contributed by atoms with Gasteiger partial charge < -0.3 is 4.74 Å². The van der Waals surface area contributed by atoms with Crippen LogP contribution in [0, 0.1) is 11.8 Å². The fourth-order valence-corrected chi connectivity index (χ4v) is 5.43. The highest BCUT2D eigenvalue weighted by atomic mass is 32.2. The molecular formula is C17H21NO4S. The minimum Gasteiger partial charge on any atom is -0.493 e. The molecule has 3 aliphatic rings. The van der Waals surface area contributed by atoms with Crippen LogP contribution in [0.4, 0.5) is 0 Å². The van der Waals surface area contributed by atoms with Crippen LogP contribution in [0.2, 0.25) is 0 Å². The Kier molecular flexibility index (Phi) is 3.41. The van der Waals surface area contributed by atoms with Crippen LogP contribution in [-0.2, 0) is 20.2 Å². The van der Waals surface area contributed by atoms with E-state index >= 15 is 0 Å². The zero-order chi connectivity index (χ0) is 16.1. The van der Waals surface area contributed by atoms with E-state index in [1.165, 1.54) is 0 Å². The summed E-state index contributed by atoms with van der Waals surface area (Å²) < 4.78 is 32.2. The number of ether oxygens (including phenoxy) is 1. The van der Waals surface area contributed by atoms with Crippen molar-refractivity contribution in [1.29, 1.82) is 0 Å². The molecule has 1 aromatic carbocycles. The topological polar surface area (TPSA) is 72.5 Å². The number of carbonyl (C=O) groups is 1. The number of rotatable bonds is 4. The molecule has 5 nitrogen and oxygen atoms in total. The van der Waals surface area contributed by atoms with E-state index in [9.17, 15) is 13.2 Å². The molecule has 1 heterocycles. The van der Waals surface area contributed by atoms with Crippen molar-refractivity contribution in [1.82, 2.24) is 4.72 Å². The van der Waals surface area contributed by atoms with Crippen molar-refractivity contribution < 1.29 is 17.9 Å². The Morgan fingerprint density at radius 3 is 2.83 bits per heavy atom. The van der Waals surface area contributed by atoms with E-state index < -0.39 is 10.0 Å². The molecule has 6 heteroatoms. The first-order valence-corrected chi connectivity index (χ1v) is 9.92. The minimum absolute atomic E-state index is 0.0815. The van der Waals surface area contributed by atoms with E-state index in [-0.39, 0.29) is 28.9 Å². The smallest absolute Gasteiger partial charge is 0.237 e. The van der Waals surface area contributed by atoms with Crippen molar-refractivity contribution in [2.24, 2.45) is 11.8 Å². The molecule has 4 rings (SSSR count). The summed E-state index contributed by atoms with van der Waals surface area (Å²) in [5.74, 6) is 0.520. The van der Waals surface area contributed by atoms with Crippen molar-refractivity contribution in [2.75, 3.05) is 12.4 Å². The summed E-state index contributed by atoms with van der Waals surface area (Å²) in [5.41, 5.74) is 0.813. The fourth-order valence-electron chi connectivity index (χ4n) is 3.94. The Hall–Kier alpha value is -1.56. The lowest BCUT2D eigenvalue weighted by Gasteiger charge is -2.27. The standard InChI is InChI=1S/C17H21NO4S/c19-16(18-23(20,21)11-12-4-3-5-12)14-10-17(14)8-9-22-15-7-2-1-6-13(15)17/h1-2,6-7,12,14H,3-5,8-11H2,(H,18,19)/t14-,17-/m0/s1. The number of amides is 1. The predicted octanol–water partition coefficient (Wildman–Crippen LogP) is 1.97. The van der Waals surface area contributed by atoms with Crippen molar-refractivity contribution >= 4 is 15.9 Å². The van der Waals surface area contributed by atoms with Gasteiger partial charge in [-0.1, -0.05) is 24.6 Å². The van der Waals surface area contributed by atoms with E-state index in [1.54, 1.807) is 0 Å². The molecule has 1 spiro atoms. The summed E-state index contributed by atoms with van der Waals surface area (Å²) >= 11 is 0. The lowest BCUT2D eigenvalue weighted by molar-refractivity contribution is -0.121. The molecule has 23 heavy (non-hydrogen) atoms. The van der Waals surface area contributed by atoms with Gasteiger partial charge in [0.15, 0.2) is 0 Å². The van der Waals surface area contributed by atoms with Gasteiger partial charge in [-0.25, -0.2) is 8.42 Å². The third kappa shape index (κ3) is 2.63. The molecule has 1 amide bonds.